The fourth-order valence-electron chi connectivity index (χ4n) is 2.83. The van der Waals surface area contributed by atoms with E-state index in [4.69, 9.17) is 16.6 Å². The Kier molecular flexibility index (Phi) is 4.67. The van der Waals surface area contributed by atoms with Gasteiger partial charge in [0.1, 0.15) is 5.15 Å². The lowest BCUT2D eigenvalue weighted by Crippen LogP contribution is -2.03. The highest BCUT2D eigenvalue weighted by molar-refractivity contribution is 9.11. The molecule has 5 heteroatoms. The van der Waals surface area contributed by atoms with Crippen molar-refractivity contribution >= 4 is 43.5 Å². The molecule has 0 atom stereocenters. The van der Waals surface area contributed by atoms with E-state index in [9.17, 15) is 0 Å². The van der Waals surface area contributed by atoms with Gasteiger partial charge in [0.25, 0.3) is 0 Å². The van der Waals surface area contributed by atoms with Crippen LogP contribution in [-0.2, 0) is 0 Å². The second-order valence-electron chi connectivity index (χ2n) is 5.50. The zero-order valence-electron chi connectivity index (χ0n) is 11.7. The van der Waals surface area contributed by atoms with E-state index in [1.54, 1.807) is 0 Å². The van der Waals surface area contributed by atoms with Crippen molar-refractivity contribution in [3.8, 4) is 11.4 Å². The Morgan fingerprint density at radius 1 is 1.14 bits per heavy atom. The standard InChI is InChI=1S/C16H15Br2ClN2/c1-9-6-7-11(12(17)8-9)16-20-14(10-4-2-3-5-10)13(18)15(19)21-16/h6-8,10H,2-5H2,1H3. The molecule has 1 aromatic heterocycles. The molecule has 2 aromatic rings. The molecule has 0 aliphatic heterocycles. The third-order valence-electron chi connectivity index (χ3n) is 3.94. The van der Waals surface area contributed by atoms with Gasteiger partial charge in [0.15, 0.2) is 5.82 Å². The van der Waals surface area contributed by atoms with E-state index in [0.29, 0.717) is 16.9 Å². The van der Waals surface area contributed by atoms with Crippen LogP contribution in [0.1, 0.15) is 42.9 Å². The third kappa shape index (κ3) is 3.17. The summed E-state index contributed by atoms with van der Waals surface area (Å²) in [4.78, 5) is 9.25. The number of aryl methyl sites for hydroxylation is 1. The van der Waals surface area contributed by atoms with Crippen LogP contribution in [0, 0.1) is 6.92 Å². The highest BCUT2D eigenvalue weighted by Crippen LogP contribution is 2.40. The smallest absolute Gasteiger partial charge is 0.162 e. The summed E-state index contributed by atoms with van der Waals surface area (Å²) >= 11 is 13.5. The molecular weight excluding hydrogens is 415 g/mol. The van der Waals surface area contributed by atoms with Crippen LogP contribution in [0.4, 0.5) is 0 Å². The zero-order valence-corrected chi connectivity index (χ0v) is 15.6. The SMILES string of the molecule is Cc1ccc(-c2nc(Cl)c(Br)c(C3CCCC3)n2)c(Br)c1. The van der Waals surface area contributed by atoms with Gasteiger partial charge in [-0.1, -0.05) is 46.4 Å². The van der Waals surface area contributed by atoms with Crippen molar-refractivity contribution in [2.45, 2.75) is 38.5 Å². The summed E-state index contributed by atoms with van der Waals surface area (Å²) in [6.07, 6.45) is 4.89. The van der Waals surface area contributed by atoms with Crippen LogP contribution in [-0.4, -0.2) is 9.97 Å². The van der Waals surface area contributed by atoms with E-state index in [1.807, 2.05) is 6.07 Å². The van der Waals surface area contributed by atoms with Crippen molar-refractivity contribution in [2.75, 3.05) is 0 Å². The molecule has 1 fully saturated rings. The molecule has 0 amide bonds. The van der Waals surface area contributed by atoms with Crippen molar-refractivity contribution in [1.82, 2.24) is 9.97 Å². The first-order valence-corrected chi connectivity index (χ1v) is 9.02. The van der Waals surface area contributed by atoms with E-state index in [1.165, 1.54) is 31.2 Å². The summed E-state index contributed by atoms with van der Waals surface area (Å²) in [7, 11) is 0. The van der Waals surface area contributed by atoms with Crippen molar-refractivity contribution in [1.29, 1.82) is 0 Å². The molecule has 0 unspecified atom stereocenters. The lowest BCUT2D eigenvalue weighted by atomic mass is 10.0. The minimum Gasteiger partial charge on any atom is -0.231 e. The molecule has 2 nitrogen and oxygen atoms in total. The fourth-order valence-corrected chi connectivity index (χ4v) is 4.18. The Morgan fingerprint density at radius 3 is 2.52 bits per heavy atom. The minimum absolute atomic E-state index is 0.489. The topological polar surface area (TPSA) is 25.8 Å². The average Bonchev–Trinajstić information content (AvgIpc) is 2.96. The number of benzene rings is 1. The van der Waals surface area contributed by atoms with Crippen molar-refractivity contribution in [3.05, 3.63) is 43.6 Å². The van der Waals surface area contributed by atoms with Gasteiger partial charge in [0.2, 0.25) is 0 Å². The first kappa shape index (κ1) is 15.4. The van der Waals surface area contributed by atoms with Gasteiger partial charge < -0.3 is 0 Å². The maximum absolute atomic E-state index is 6.32. The molecule has 21 heavy (non-hydrogen) atoms. The molecule has 0 spiro atoms. The molecule has 110 valence electrons. The molecule has 0 N–H and O–H groups in total. The highest BCUT2D eigenvalue weighted by Gasteiger charge is 2.24. The van der Waals surface area contributed by atoms with Crippen LogP contribution in [0.2, 0.25) is 5.15 Å². The Hall–Kier alpha value is -0.450. The maximum atomic E-state index is 6.32. The lowest BCUT2D eigenvalue weighted by molar-refractivity contribution is 0.690. The van der Waals surface area contributed by atoms with E-state index < -0.39 is 0 Å². The summed E-state index contributed by atoms with van der Waals surface area (Å²) < 4.78 is 1.85. The maximum Gasteiger partial charge on any atom is 0.162 e. The number of hydrogen-bond donors (Lipinski definition) is 0. The minimum atomic E-state index is 0.489. The summed E-state index contributed by atoms with van der Waals surface area (Å²) in [5, 5.41) is 0.495. The summed E-state index contributed by atoms with van der Waals surface area (Å²) in [6.45, 7) is 2.06. The van der Waals surface area contributed by atoms with Gasteiger partial charge in [-0.2, -0.15) is 0 Å². The lowest BCUT2D eigenvalue weighted by Gasteiger charge is -2.14. The Balaban J connectivity index is 2.10. The predicted molar refractivity (Wildman–Crippen MR) is 93.8 cm³/mol. The average molecular weight is 431 g/mol. The molecule has 0 bridgehead atoms. The third-order valence-corrected chi connectivity index (χ3v) is 5.88. The van der Waals surface area contributed by atoms with Gasteiger partial charge in [-0.25, -0.2) is 9.97 Å². The van der Waals surface area contributed by atoms with Gasteiger partial charge in [0, 0.05) is 16.0 Å². The largest absolute Gasteiger partial charge is 0.231 e. The number of nitrogens with zero attached hydrogens (tertiary/aromatic N) is 2. The molecule has 1 heterocycles. The second-order valence-corrected chi connectivity index (χ2v) is 7.51. The number of rotatable bonds is 2. The van der Waals surface area contributed by atoms with Gasteiger partial charge >= 0.3 is 0 Å². The number of halogens is 3. The van der Waals surface area contributed by atoms with Crippen LogP contribution in [0.15, 0.2) is 27.1 Å². The Morgan fingerprint density at radius 2 is 1.86 bits per heavy atom. The second kappa shape index (κ2) is 6.35. The van der Waals surface area contributed by atoms with Gasteiger partial charge in [-0.05, 0) is 53.4 Å². The van der Waals surface area contributed by atoms with Crippen LogP contribution < -0.4 is 0 Å². The van der Waals surface area contributed by atoms with Gasteiger partial charge in [-0.3, -0.25) is 0 Å². The monoisotopic (exact) mass is 428 g/mol. The molecule has 0 radical (unpaired) electrons. The van der Waals surface area contributed by atoms with Crippen LogP contribution in [0.25, 0.3) is 11.4 Å². The normalized spacial score (nSPS) is 15.6. The fraction of sp³-hybridized carbons (Fsp3) is 0.375. The van der Waals surface area contributed by atoms with Crippen molar-refractivity contribution in [2.24, 2.45) is 0 Å². The van der Waals surface area contributed by atoms with E-state index in [0.717, 1.165) is 20.2 Å². The Labute approximate surface area is 146 Å². The van der Waals surface area contributed by atoms with E-state index >= 15 is 0 Å². The van der Waals surface area contributed by atoms with Gasteiger partial charge in [-0.15, -0.1) is 0 Å². The number of hydrogen-bond acceptors (Lipinski definition) is 2. The molecule has 1 aromatic carbocycles. The van der Waals surface area contributed by atoms with E-state index in [-0.39, 0.29) is 0 Å². The molecule has 0 saturated heterocycles. The predicted octanol–water partition coefficient (Wildman–Crippen LogP) is 6.29. The zero-order chi connectivity index (χ0) is 15.0. The van der Waals surface area contributed by atoms with Crippen LogP contribution in [0.5, 0.6) is 0 Å². The molecule has 1 saturated carbocycles. The van der Waals surface area contributed by atoms with Crippen molar-refractivity contribution in [3.63, 3.8) is 0 Å². The van der Waals surface area contributed by atoms with Crippen LogP contribution in [0.3, 0.4) is 0 Å². The molecule has 1 aliphatic rings. The van der Waals surface area contributed by atoms with Crippen molar-refractivity contribution < 1.29 is 0 Å². The quantitative estimate of drug-likeness (QED) is 0.524. The number of aromatic nitrogens is 2. The summed E-state index contributed by atoms with van der Waals surface area (Å²) in [5.41, 5.74) is 3.23. The van der Waals surface area contributed by atoms with Crippen LogP contribution >= 0.6 is 43.5 Å². The molecule has 1 aliphatic carbocycles. The molecule has 3 rings (SSSR count). The highest BCUT2D eigenvalue weighted by atomic mass is 79.9. The van der Waals surface area contributed by atoms with Gasteiger partial charge in [0.05, 0.1) is 10.2 Å². The van der Waals surface area contributed by atoms with E-state index in [2.05, 4.69) is 55.9 Å². The molecular formula is C16H15Br2ClN2. The first-order valence-electron chi connectivity index (χ1n) is 7.05. The Bertz CT molecular complexity index is 682. The summed E-state index contributed by atoms with van der Waals surface area (Å²) in [6, 6.07) is 6.18. The summed E-state index contributed by atoms with van der Waals surface area (Å²) in [5.74, 6) is 1.18. The first-order chi connectivity index (χ1) is 10.1.